The van der Waals surface area contributed by atoms with Gasteiger partial charge in [0.05, 0.1) is 12.6 Å². The number of ether oxygens (including phenoxy) is 2. The van der Waals surface area contributed by atoms with Gasteiger partial charge >= 0.3 is 21.7 Å². The lowest BCUT2D eigenvalue weighted by molar-refractivity contribution is -0.0626. The number of rotatable bonds is 3. The highest BCUT2D eigenvalue weighted by Crippen LogP contribution is 2.38. The SMILES string of the molecule is CC(C)(C)OC(=O)N1[C@H](c2ccc(OS(=O)(=O)C(F)(F)F)cc2)COC1(C)C. The predicted molar refractivity (Wildman–Crippen MR) is 92.9 cm³/mol. The van der Waals surface area contributed by atoms with Gasteiger partial charge in [-0.15, -0.1) is 0 Å². The number of hydrogen-bond donors (Lipinski definition) is 0. The molecule has 1 aromatic carbocycles. The molecule has 0 aromatic heterocycles. The Morgan fingerprint density at radius 1 is 1.18 bits per heavy atom. The van der Waals surface area contributed by atoms with E-state index in [4.69, 9.17) is 9.47 Å². The predicted octanol–water partition coefficient (Wildman–Crippen LogP) is 3.96. The molecular formula is C17H22F3NO6S. The van der Waals surface area contributed by atoms with Gasteiger partial charge in [0.25, 0.3) is 0 Å². The van der Waals surface area contributed by atoms with Crippen molar-refractivity contribution in [2.24, 2.45) is 0 Å². The van der Waals surface area contributed by atoms with Crippen molar-refractivity contribution in [2.45, 2.75) is 57.5 Å². The summed E-state index contributed by atoms with van der Waals surface area (Å²) in [6, 6.07) is 4.33. The molecule has 0 N–H and O–H groups in total. The zero-order valence-corrected chi connectivity index (χ0v) is 16.8. The second-order valence-corrected chi connectivity index (χ2v) is 9.21. The Labute approximate surface area is 161 Å². The molecule has 0 radical (unpaired) electrons. The van der Waals surface area contributed by atoms with Gasteiger partial charge in [0.15, 0.2) is 0 Å². The highest BCUT2D eigenvalue weighted by Gasteiger charge is 2.49. The average Bonchev–Trinajstić information content (AvgIpc) is 2.80. The molecule has 0 saturated carbocycles. The van der Waals surface area contributed by atoms with Crippen LogP contribution in [-0.4, -0.2) is 42.9 Å². The fourth-order valence-electron chi connectivity index (χ4n) is 2.63. The van der Waals surface area contributed by atoms with Gasteiger partial charge in [-0.05, 0) is 52.3 Å². The van der Waals surface area contributed by atoms with Crippen LogP contribution in [0.1, 0.15) is 46.2 Å². The molecule has 1 aliphatic heterocycles. The molecule has 1 aromatic rings. The summed E-state index contributed by atoms with van der Waals surface area (Å²) < 4.78 is 74.6. The largest absolute Gasteiger partial charge is 0.534 e. The number of benzene rings is 1. The molecule has 0 aliphatic carbocycles. The Hall–Kier alpha value is -2.01. The van der Waals surface area contributed by atoms with E-state index in [1.54, 1.807) is 34.6 Å². The summed E-state index contributed by atoms with van der Waals surface area (Å²) in [4.78, 5) is 14.0. The molecule has 0 spiro atoms. The van der Waals surface area contributed by atoms with Gasteiger partial charge in [0.1, 0.15) is 17.1 Å². The van der Waals surface area contributed by atoms with E-state index in [0.29, 0.717) is 5.56 Å². The van der Waals surface area contributed by atoms with Gasteiger partial charge in [-0.25, -0.2) is 4.79 Å². The lowest BCUT2D eigenvalue weighted by Crippen LogP contribution is -2.47. The van der Waals surface area contributed by atoms with Crippen molar-refractivity contribution in [3.8, 4) is 5.75 Å². The fourth-order valence-corrected chi connectivity index (χ4v) is 3.08. The first-order chi connectivity index (χ1) is 12.5. The highest BCUT2D eigenvalue weighted by molar-refractivity contribution is 7.88. The molecule has 28 heavy (non-hydrogen) atoms. The average molecular weight is 425 g/mol. The maximum atomic E-state index is 12.6. The highest BCUT2D eigenvalue weighted by atomic mass is 32.2. The van der Waals surface area contributed by atoms with Crippen molar-refractivity contribution >= 4 is 16.2 Å². The topological polar surface area (TPSA) is 82.1 Å². The van der Waals surface area contributed by atoms with Gasteiger partial charge < -0.3 is 13.7 Å². The minimum atomic E-state index is -5.75. The molecule has 1 aliphatic rings. The molecule has 0 bridgehead atoms. The van der Waals surface area contributed by atoms with E-state index < -0.39 is 44.8 Å². The Morgan fingerprint density at radius 3 is 2.18 bits per heavy atom. The summed E-state index contributed by atoms with van der Waals surface area (Å²) >= 11 is 0. The van der Waals surface area contributed by atoms with Crippen LogP contribution in [0.25, 0.3) is 0 Å². The number of amides is 1. The van der Waals surface area contributed by atoms with Crippen molar-refractivity contribution in [1.29, 1.82) is 0 Å². The van der Waals surface area contributed by atoms with Crippen molar-refractivity contribution in [3.05, 3.63) is 29.8 Å². The van der Waals surface area contributed by atoms with Crippen molar-refractivity contribution < 1.29 is 40.0 Å². The van der Waals surface area contributed by atoms with E-state index >= 15 is 0 Å². The minimum Gasteiger partial charge on any atom is -0.444 e. The molecule has 1 atom stereocenters. The first kappa shape index (κ1) is 22.3. The van der Waals surface area contributed by atoms with E-state index in [-0.39, 0.29) is 6.61 Å². The van der Waals surface area contributed by atoms with Crippen LogP contribution in [0.3, 0.4) is 0 Å². The van der Waals surface area contributed by atoms with E-state index in [2.05, 4.69) is 4.18 Å². The van der Waals surface area contributed by atoms with E-state index in [1.165, 1.54) is 17.0 Å². The third kappa shape index (κ3) is 4.88. The van der Waals surface area contributed by atoms with Crippen LogP contribution in [0.4, 0.5) is 18.0 Å². The normalized spacial score (nSPS) is 20.1. The van der Waals surface area contributed by atoms with E-state index in [9.17, 15) is 26.4 Å². The summed E-state index contributed by atoms with van der Waals surface area (Å²) in [5.41, 5.74) is -6.71. The fraction of sp³-hybridized carbons (Fsp3) is 0.588. The minimum absolute atomic E-state index is 0.132. The zero-order chi connectivity index (χ0) is 21.5. The monoisotopic (exact) mass is 425 g/mol. The molecule has 11 heteroatoms. The number of halogens is 3. The number of carbonyl (C=O) groups excluding carboxylic acids is 1. The Kier molecular flexibility index (Phi) is 5.65. The van der Waals surface area contributed by atoms with Crippen LogP contribution in [0.5, 0.6) is 5.75 Å². The standard InChI is InChI=1S/C17H22F3NO6S/c1-15(2,3)26-14(22)21-13(10-25-16(21,4)5)11-6-8-12(9-7-11)27-28(23,24)17(18,19)20/h6-9,13H,10H2,1-5H3/t13-/m0/s1. The third-order valence-electron chi connectivity index (χ3n) is 3.83. The summed E-state index contributed by atoms with van der Waals surface area (Å²) in [5.74, 6) is -0.497. The number of hydrogen-bond acceptors (Lipinski definition) is 6. The second-order valence-electron chi connectivity index (χ2n) is 7.68. The van der Waals surface area contributed by atoms with Gasteiger partial charge in [-0.2, -0.15) is 21.6 Å². The van der Waals surface area contributed by atoms with Crippen LogP contribution >= 0.6 is 0 Å². The van der Waals surface area contributed by atoms with Crippen molar-refractivity contribution in [1.82, 2.24) is 4.90 Å². The van der Waals surface area contributed by atoms with Crippen LogP contribution in [-0.2, 0) is 19.6 Å². The van der Waals surface area contributed by atoms with Gasteiger partial charge in [-0.1, -0.05) is 12.1 Å². The van der Waals surface area contributed by atoms with E-state index in [0.717, 1.165) is 12.1 Å². The number of carbonyl (C=O) groups is 1. The lowest BCUT2D eigenvalue weighted by atomic mass is 10.1. The second kappa shape index (κ2) is 7.11. The molecule has 1 amide bonds. The molecular weight excluding hydrogens is 403 g/mol. The maximum Gasteiger partial charge on any atom is 0.534 e. The summed E-state index contributed by atoms with van der Waals surface area (Å²) in [6.07, 6.45) is -0.611. The molecule has 1 saturated heterocycles. The van der Waals surface area contributed by atoms with Crippen LogP contribution < -0.4 is 4.18 Å². The van der Waals surface area contributed by atoms with Crippen LogP contribution in [0, 0.1) is 0 Å². The first-order valence-corrected chi connectivity index (χ1v) is 9.71. The van der Waals surface area contributed by atoms with Crippen LogP contribution in [0.2, 0.25) is 0 Å². The van der Waals surface area contributed by atoms with E-state index in [1.807, 2.05) is 0 Å². The smallest absolute Gasteiger partial charge is 0.444 e. The van der Waals surface area contributed by atoms with Gasteiger partial charge in [-0.3, -0.25) is 4.90 Å². The third-order valence-corrected chi connectivity index (χ3v) is 4.81. The first-order valence-electron chi connectivity index (χ1n) is 8.30. The van der Waals surface area contributed by atoms with Crippen molar-refractivity contribution in [2.75, 3.05) is 6.61 Å². The van der Waals surface area contributed by atoms with Crippen molar-refractivity contribution in [3.63, 3.8) is 0 Å². The quantitative estimate of drug-likeness (QED) is 0.539. The van der Waals surface area contributed by atoms with Gasteiger partial charge in [0, 0.05) is 0 Å². The number of nitrogens with zero attached hydrogens (tertiary/aromatic N) is 1. The lowest BCUT2D eigenvalue weighted by Gasteiger charge is -2.35. The van der Waals surface area contributed by atoms with Crippen LogP contribution in [0.15, 0.2) is 24.3 Å². The Bertz CT molecular complexity index is 828. The molecule has 158 valence electrons. The molecule has 1 heterocycles. The molecule has 2 rings (SSSR count). The maximum absolute atomic E-state index is 12.6. The van der Waals surface area contributed by atoms with Gasteiger partial charge in [0.2, 0.25) is 0 Å². The number of alkyl halides is 3. The Balaban J connectivity index is 2.25. The summed E-state index contributed by atoms with van der Waals surface area (Å²) in [5, 5.41) is 0. The Morgan fingerprint density at radius 2 is 1.71 bits per heavy atom. The molecule has 0 unspecified atom stereocenters. The summed E-state index contributed by atoms with van der Waals surface area (Å²) in [6.45, 7) is 8.66. The zero-order valence-electron chi connectivity index (χ0n) is 16.0. The molecule has 1 fully saturated rings. The summed E-state index contributed by atoms with van der Waals surface area (Å²) in [7, 11) is -5.75. The molecule has 7 nitrogen and oxygen atoms in total.